The standard InChI is InChI=1S/C29H40N4O2/c1-2-3-4-5-6-7-8-13-24-14-9-10-15-25(24)28(34)31-29-30-26-16-11-12-17-27(26)33(29)19-18-32-20-22-35-23-21-32/h9-12,14-17H,2-8,13,18-23H2,1H3,(H,30,31,34). The summed E-state index contributed by atoms with van der Waals surface area (Å²) in [6, 6.07) is 16.1. The summed E-state index contributed by atoms with van der Waals surface area (Å²) in [6.07, 6.45) is 9.82. The Labute approximate surface area is 209 Å². The van der Waals surface area contributed by atoms with Gasteiger partial charge in [0.2, 0.25) is 5.95 Å². The number of hydrogen-bond acceptors (Lipinski definition) is 4. The van der Waals surface area contributed by atoms with Gasteiger partial charge in [0.05, 0.1) is 24.2 Å². The molecule has 1 N–H and O–H groups in total. The number of para-hydroxylation sites is 2. The fraction of sp³-hybridized carbons (Fsp3) is 0.517. The number of aromatic nitrogens is 2. The SMILES string of the molecule is CCCCCCCCCc1ccccc1C(=O)Nc1nc2ccccc2n1CCN1CCOCC1. The minimum atomic E-state index is -0.0773. The summed E-state index contributed by atoms with van der Waals surface area (Å²) >= 11 is 0. The number of imidazole rings is 1. The number of carbonyl (C=O) groups is 1. The molecular weight excluding hydrogens is 436 g/mol. The van der Waals surface area contributed by atoms with Gasteiger partial charge in [0.25, 0.3) is 5.91 Å². The zero-order chi connectivity index (χ0) is 24.3. The number of ether oxygens (including phenoxy) is 1. The summed E-state index contributed by atoms with van der Waals surface area (Å²) in [5, 5.41) is 3.14. The highest BCUT2D eigenvalue weighted by atomic mass is 16.5. The van der Waals surface area contributed by atoms with Gasteiger partial charge in [-0.05, 0) is 36.6 Å². The quantitative estimate of drug-likeness (QED) is 0.311. The van der Waals surface area contributed by atoms with E-state index in [1.165, 1.54) is 38.5 Å². The van der Waals surface area contributed by atoms with Crippen molar-refractivity contribution >= 4 is 22.9 Å². The zero-order valence-corrected chi connectivity index (χ0v) is 21.2. The summed E-state index contributed by atoms with van der Waals surface area (Å²) in [5.41, 5.74) is 3.83. The molecule has 0 aliphatic carbocycles. The fourth-order valence-electron chi connectivity index (χ4n) is 4.86. The first kappa shape index (κ1) is 25.4. The highest BCUT2D eigenvalue weighted by Gasteiger charge is 2.18. The number of nitrogens with one attached hydrogen (secondary N) is 1. The van der Waals surface area contributed by atoms with Gasteiger partial charge < -0.3 is 9.30 Å². The average Bonchev–Trinajstić information content (AvgIpc) is 3.24. The number of anilines is 1. The van der Waals surface area contributed by atoms with E-state index < -0.39 is 0 Å². The lowest BCUT2D eigenvalue weighted by Gasteiger charge is -2.27. The second-order valence-electron chi connectivity index (χ2n) is 9.51. The number of carbonyl (C=O) groups excluding carboxylic acids is 1. The Hall–Kier alpha value is -2.70. The Bertz CT molecular complexity index is 1070. The third-order valence-corrected chi connectivity index (χ3v) is 6.94. The Morgan fingerprint density at radius 1 is 0.914 bits per heavy atom. The van der Waals surface area contributed by atoms with Crippen LogP contribution in [-0.2, 0) is 17.7 Å². The van der Waals surface area contributed by atoms with E-state index in [1.54, 1.807) is 0 Å². The van der Waals surface area contributed by atoms with Gasteiger partial charge in [-0.2, -0.15) is 0 Å². The van der Waals surface area contributed by atoms with Gasteiger partial charge in [-0.3, -0.25) is 15.0 Å². The molecule has 0 bridgehead atoms. The number of amides is 1. The van der Waals surface area contributed by atoms with Crippen LogP contribution in [-0.4, -0.2) is 53.2 Å². The number of aryl methyl sites for hydroxylation is 1. The van der Waals surface area contributed by atoms with E-state index in [0.29, 0.717) is 5.95 Å². The van der Waals surface area contributed by atoms with Crippen LogP contribution in [0.1, 0.15) is 67.8 Å². The molecule has 1 aromatic heterocycles. The molecule has 1 aliphatic heterocycles. The molecule has 2 heterocycles. The van der Waals surface area contributed by atoms with Crippen LogP contribution in [0.25, 0.3) is 11.0 Å². The molecule has 1 saturated heterocycles. The Morgan fingerprint density at radius 2 is 1.63 bits per heavy atom. The third-order valence-electron chi connectivity index (χ3n) is 6.94. The number of benzene rings is 2. The molecular formula is C29H40N4O2. The number of rotatable bonds is 13. The van der Waals surface area contributed by atoms with Crippen LogP contribution in [0.15, 0.2) is 48.5 Å². The second kappa shape index (κ2) is 13.4. The molecule has 0 atom stereocenters. The Balaban J connectivity index is 1.42. The van der Waals surface area contributed by atoms with E-state index in [0.717, 1.165) is 74.4 Å². The van der Waals surface area contributed by atoms with Crippen LogP contribution in [0.2, 0.25) is 0 Å². The van der Waals surface area contributed by atoms with Crippen LogP contribution in [0, 0.1) is 0 Å². The van der Waals surface area contributed by atoms with Gasteiger partial charge >= 0.3 is 0 Å². The molecule has 6 nitrogen and oxygen atoms in total. The molecule has 0 radical (unpaired) electrons. The van der Waals surface area contributed by atoms with Crippen molar-refractivity contribution in [3.8, 4) is 0 Å². The summed E-state index contributed by atoms with van der Waals surface area (Å²) in [7, 11) is 0. The zero-order valence-electron chi connectivity index (χ0n) is 21.2. The Morgan fingerprint density at radius 3 is 2.46 bits per heavy atom. The minimum absolute atomic E-state index is 0.0773. The average molecular weight is 477 g/mol. The van der Waals surface area contributed by atoms with Crippen molar-refractivity contribution in [2.75, 3.05) is 38.2 Å². The van der Waals surface area contributed by atoms with Crippen LogP contribution in [0.3, 0.4) is 0 Å². The summed E-state index contributed by atoms with van der Waals surface area (Å²) in [6.45, 7) is 7.38. The molecule has 0 unspecified atom stereocenters. The lowest BCUT2D eigenvalue weighted by Crippen LogP contribution is -2.38. The predicted octanol–water partition coefficient (Wildman–Crippen LogP) is 5.91. The molecule has 1 fully saturated rings. The number of hydrogen-bond donors (Lipinski definition) is 1. The largest absolute Gasteiger partial charge is 0.379 e. The predicted molar refractivity (Wildman–Crippen MR) is 143 cm³/mol. The molecule has 1 amide bonds. The molecule has 1 aliphatic rings. The molecule has 0 saturated carbocycles. The van der Waals surface area contributed by atoms with Gasteiger partial charge in [-0.1, -0.05) is 75.8 Å². The number of nitrogens with zero attached hydrogens (tertiary/aromatic N) is 3. The second-order valence-corrected chi connectivity index (χ2v) is 9.51. The van der Waals surface area contributed by atoms with Gasteiger partial charge in [-0.25, -0.2) is 4.98 Å². The third kappa shape index (κ3) is 7.15. The summed E-state index contributed by atoms with van der Waals surface area (Å²) < 4.78 is 7.62. The molecule has 188 valence electrons. The van der Waals surface area contributed by atoms with E-state index in [1.807, 2.05) is 36.4 Å². The molecule has 2 aromatic carbocycles. The smallest absolute Gasteiger partial charge is 0.258 e. The van der Waals surface area contributed by atoms with Crippen molar-refractivity contribution in [3.05, 3.63) is 59.7 Å². The molecule has 6 heteroatoms. The van der Waals surface area contributed by atoms with Crippen molar-refractivity contribution in [3.63, 3.8) is 0 Å². The van der Waals surface area contributed by atoms with E-state index in [-0.39, 0.29) is 5.91 Å². The van der Waals surface area contributed by atoms with Gasteiger partial charge in [0.15, 0.2) is 0 Å². The summed E-state index contributed by atoms with van der Waals surface area (Å²) in [4.78, 5) is 20.6. The highest BCUT2D eigenvalue weighted by Crippen LogP contribution is 2.22. The molecule has 35 heavy (non-hydrogen) atoms. The maximum absolute atomic E-state index is 13.4. The first-order chi connectivity index (χ1) is 17.3. The van der Waals surface area contributed by atoms with Crippen LogP contribution < -0.4 is 5.32 Å². The van der Waals surface area contributed by atoms with Crippen LogP contribution in [0.4, 0.5) is 5.95 Å². The topological polar surface area (TPSA) is 59.4 Å². The fourth-order valence-corrected chi connectivity index (χ4v) is 4.86. The maximum atomic E-state index is 13.4. The van der Waals surface area contributed by atoms with Gasteiger partial charge in [0, 0.05) is 31.7 Å². The summed E-state index contributed by atoms with van der Waals surface area (Å²) in [5.74, 6) is 0.543. The van der Waals surface area contributed by atoms with E-state index in [9.17, 15) is 4.79 Å². The number of morpholine rings is 1. The van der Waals surface area contributed by atoms with Crippen molar-refractivity contribution in [2.24, 2.45) is 0 Å². The lowest BCUT2D eigenvalue weighted by atomic mass is 10.00. The molecule has 0 spiro atoms. The van der Waals surface area contributed by atoms with E-state index in [2.05, 4.69) is 33.8 Å². The monoisotopic (exact) mass is 476 g/mol. The van der Waals surface area contributed by atoms with Gasteiger partial charge in [-0.15, -0.1) is 0 Å². The maximum Gasteiger partial charge on any atom is 0.258 e. The normalized spacial score (nSPS) is 14.4. The number of unbranched alkanes of at least 4 members (excludes halogenated alkanes) is 6. The van der Waals surface area contributed by atoms with Crippen molar-refractivity contribution < 1.29 is 9.53 Å². The minimum Gasteiger partial charge on any atom is -0.379 e. The first-order valence-electron chi connectivity index (χ1n) is 13.4. The van der Waals surface area contributed by atoms with Crippen LogP contribution in [0.5, 0.6) is 0 Å². The van der Waals surface area contributed by atoms with Crippen molar-refractivity contribution in [1.29, 1.82) is 0 Å². The van der Waals surface area contributed by atoms with Crippen LogP contribution >= 0.6 is 0 Å². The molecule has 3 aromatic rings. The number of fused-ring (bicyclic) bond motifs is 1. The van der Waals surface area contributed by atoms with Crippen molar-refractivity contribution in [1.82, 2.24) is 14.5 Å². The molecule has 4 rings (SSSR count). The van der Waals surface area contributed by atoms with Gasteiger partial charge in [0.1, 0.15) is 0 Å². The highest BCUT2D eigenvalue weighted by molar-refractivity contribution is 6.05. The first-order valence-corrected chi connectivity index (χ1v) is 13.4. The van der Waals surface area contributed by atoms with E-state index >= 15 is 0 Å². The van der Waals surface area contributed by atoms with E-state index in [4.69, 9.17) is 9.72 Å². The lowest BCUT2D eigenvalue weighted by molar-refractivity contribution is 0.0366. The Kier molecular flexibility index (Phi) is 9.73. The van der Waals surface area contributed by atoms with Crippen molar-refractivity contribution in [2.45, 2.75) is 64.8 Å².